The Hall–Kier alpha value is -0.330. The van der Waals surface area contributed by atoms with Crippen molar-refractivity contribution in [2.45, 2.75) is 32.9 Å². The van der Waals surface area contributed by atoms with Gasteiger partial charge in [-0.15, -0.1) is 0 Å². The van der Waals surface area contributed by atoms with Crippen LogP contribution in [-0.2, 0) is 0 Å². The second-order valence-electron chi connectivity index (χ2n) is 2.99. The van der Waals surface area contributed by atoms with Crippen LogP contribution in [0.3, 0.4) is 0 Å². The van der Waals surface area contributed by atoms with Gasteiger partial charge in [0.2, 0.25) is 0 Å². The van der Waals surface area contributed by atoms with Crippen molar-refractivity contribution in [3.8, 4) is 0 Å². The normalized spacial score (nSPS) is 36.1. The summed E-state index contributed by atoms with van der Waals surface area (Å²) in [6, 6.07) is 0. The second kappa shape index (κ2) is 2.51. The average molecular weight is 128 g/mol. The molecule has 1 rings (SSSR count). The second-order valence-corrected chi connectivity index (χ2v) is 2.99. The summed E-state index contributed by atoms with van der Waals surface area (Å²) in [5.41, 5.74) is 0.924. The minimum absolute atomic E-state index is 0.545. The SMILES string of the molecule is CC1=CCC(C)CC1F. The molecule has 0 aromatic rings. The summed E-state index contributed by atoms with van der Waals surface area (Å²) >= 11 is 0. The van der Waals surface area contributed by atoms with Crippen molar-refractivity contribution in [2.24, 2.45) is 5.92 Å². The molecule has 9 heavy (non-hydrogen) atoms. The van der Waals surface area contributed by atoms with Gasteiger partial charge < -0.3 is 0 Å². The van der Waals surface area contributed by atoms with Gasteiger partial charge >= 0.3 is 0 Å². The first kappa shape index (κ1) is 6.79. The van der Waals surface area contributed by atoms with Gasteiger partial charge in [-0.25, -0.2) is 4.39 Å². The zero-order chi connectivity index (χ0) is 6.85. The van der Waals surface area contributed by atoms with Crippen molar-refractivity contribution < 1.29 is 4.39 Å². The molecule has 0 saturated carbocycles. The van der Waals surface area contributed by atoms with E-state index in [0.29, 0.717) is 5.92 Å². The number of alkyl halides is 1. The first-order valence-corrected chi connectivity index (χ1v) is 3.51. The highest BCUT2D eigenvalue weighted by Crippen LogP contribution is 2.24. The van der Waals surface area contributed by atoms with E-state index >= 15 is 0 Å². The molecular formula is C8H13F. The molecule has 1 aliphatic carbocycles. The molecule has 0 radical (unpaired) electrons. The van der Waals surface area contributed by atoms with E-state index in [1.54, 1.807) is 0 Å². The molecule has 0 aliphatic heterocycles. The first-order chi connectivity index (χ1) is 4.20. The largest absolute Gasteiger partial charge is 0.243 e. The molecule has 0 bridgehead atoms. The van der Waals surface area contributed by atoms with Crippen molar-refractivity contribution in [1.82, 2.24) is 0 Å². The zero-order valence-corrected chi connectivity index (χ0v) is 6.02. The molecule has 0 N–H and O–H groups in total. The van der Waals surface area contributed by atoms with Crippen molar-refractivity contribution in [2.75, 3.05) is 0 Å². The van der Waals surface area contributed by atoms with Crippen LogP contribution in [0, 0.1) is 5.92 Å². The summed E-state index contributed by atoms with van der Waals surface area (Å²) in [4.78, 5) is 0. The van der Waals surface area contributed by atoms with E-state index in [2.05, 4.69) is 6.92 Å². The molecule has 0 fully saturated rings. The zero-order valence-electron chi connectivity index (χ0n) is 6.02. The molecule has 0 amide bonds. The van der Waals surface area contributed by atoms with Crippen LogP contribution in [0.15, 0.2) is 11.6 Å². The Kier molecular flexibility index (Phi) is 1.89. The molecule has 52 valence electrons. The topological polar surface area (TPSA) is 0 Å². The third kappa shape index (κ3) is 1.54. The van der Waals surface area contributed by atoms with Gasteiger partial charge in [-0.3, -0.25) is 0 Å². The van der Waals surface area contributed by atoms with E-state index in [1.165, 1.54) is 0 Å². The third-order valence-corrected chi connectivity index (χ3v) is 1.95. The Morgan fingerprint density at radius 1 is 1.67 bits per heavy atom. The van der Waals surface area contributed by atoms with Crippen molar-refractivity contribution in [1.29, 1.82) is 0 Å². The maximum atomic E-state index is 12.8. The first-order valence-electron chi connectivity index (χ1n) is 3.51. The van der Waals surface area contributed by atoms with Crippen LogP contribution in [0.5, 0.6) is 0 Å². The highest BCUT2D eigenvalue weighted by Gasteiger charge is 2.17. The number of rotatable bonds is 0. The van der Waals surface area contributed by atoms with Crippen molar-refractivity contribution in [3.05, 3.63) is 11.6 Å². The summed E-state index contributed by atoms with van der Waals surface area (Å²) in [6.07, 6.45) is 3.14. The molecule has 0 spiro atoms. The van der Waals surface area contributed by atoms with Gasteiger partial charge in [0.1, 0.15) is 6.17 Å². The van der Waals surface area contributed by atoms with Crippen LogP contribution in [-0.4, -0.2) is 6.17 Å². The molecule has 0 aromatic carbocycles. The molecule has 0 aromatic heterocycles. The van der Waals surface area contributed by atoms with E-state index in [1.807, 2.05) is 13.0 Å². The lowest BCUT2D eigenvalue weighted by Gasteiger charge is -2.19. The van der Waals surface area contributed by atoms with Crippen LogP contribution < -0.4 is 0 Å². The van der Waals surface area contributed by atoms with Gasteiger partial charge in [-0.2, -0.15) is 0 Å². The molecule has 2 unspecified atom stereocenters. The van der Waals surface area contributed by atoms with Crippen LogP contribution in [0.4, 0.5) is 4.39 Å². The maximum absolute atomic E-state index is 12.8. The Morgan fingerprint density at radius 3 is 2.78 bits per heavy atom. The minimum Gasteiger partial charge on any atom is -0.243 e. The smallest absolute Gasteiger partial charge is 0.121 e. The molecule has 1 aliphatic rings. The third-order valence-electron chi connectivity index (χ3n) is 1.95. The summed E-state index contributed by atoms with van der Waals surface area (Å²) in [7, 11) is 0. The van der Waals surface area contributed by atoms with Gasteiger partial charge in [0.15, 0.2) is 0 Å². The number of halogens is 1. The monoisotopic (exact) mass is 128 g/mol. The van der Waals surface area contributed by atoms with Crippen LogP contribution in [0.1, 0.15) is 26.7 Å². The summed E-state index contributed by atoms with van der Waals surface area (Å²) < 4.78 is 12.8. The van der Waals surface area contributed by atoms with E-state index in [4.69, 9.17) is 0 Å². The fourth-order valence-corrected chi connectivity index (χ4v) is 1.15. The summed E-state index contributed by atoms with van der Waals surface area (Å²) in [5.74, 6) is 0.545. The molecule has 0 saturated heterocycles. The Balaban J connectivity index is 2.56. The molecular weight excluding hydrogens is 115 g/mol. The van der Waals surface area contributed by atoms with Crippen molar-refractivity contribution >= 4 is 0 Å². The van der Waals surface area contributed by atoms with Gasteiger partial charge in [0.25, 0.3) is 0 Å². The lowest BCUT2D eigenvalue weighted by Crippen LogP contribution is -2.12. The predicted octanol–water partition coefficient (Wildman–Crippen LogP) is 2.70. The number of hydrogen-bond acceptors (Lipinski definition) is 0. The Morgan fingerprint density at radius 2 is 2.33 bits per heavy atom. The Labute approximate surface area is 55.8 Å². The van der Waals surface area contributed by atoms with Crippen LogP contribution in [0.25, 0.3) is 0 Å². The van der Waals surface area contributed by atoms with E-state index in [0.717, 1.165) is 18.4 Å². The van der Waals surface area contributed by atoms with E-state index in [-0.39, 0.29) is 0 Å². The van der Waals surface area contributed by atoms with Gasteiger partial charge in [0, 0.05) is 0 Å². The quantitative estimate of drug-likeness (QED) is 0.440. The maximum Gasteiger partial charge on any atom is 0.121 e. The standard InChI is InChI=1S/C8H13F/c1-6-3-4-7(2)8(9)5-6/h4,6,8H,3,5H2,1-2H3. The average Bonchev–Trinajstić information content (AvgIpc) is 1.80. The lowest BCUT2D eigenvalue weighted by molar-refractivity contribution is 0.299. The molecule has 1 heteroatoms. The van der Waals surface area contributed by atoms with Crippen LogP contribution >= 0.6 is 0 Å². The van der Waals surface area contributed by atoms with E-state index < -0.39 is 6.17 Å². The van der Waals surface area contributed by atoms with Crippen molar-refractivity contribution in [3.63, 3.8) is 0 Å². The van der Waals surface area contributed by atoms with Gasteiger partial charge in [0.05, 0.1) is 0 Å². The highest BCUT2D eigenvalue weighted by atomic mass is 19.1. The Bertz CT molecular complexity index is 127. The molecule has 0 nitrogen and oxygen atoms in total. The fraction of sp³-hybridized carbons (Fsp3) is 0.750. The van der Waals surface area contributed by atoms with Gasteiger partial charge in [-0.05, 0) is 31.3 Å². The predicted molar refractivity (Wildman–Crippen MR) is 37.1 cm³/mol. The number of hydrogen-bond donors (Lipinski definition) is 0. The van der Waals surface area contributed by atoms with Gasteiger partial charge in [-0.1, -0.05) is 13.0 Å². The summed E-state index contributed by atoms with van der Waals surface area (Å²) in [5, 5.41) is 0. The summed E-state index contributed by atoms with van der Waals surface area (Å²) in [6.45, 7) is 3.96. The van der Waals surface area contributed by atoms with E-state index in [9.17, 15) is 4.39 Å². The highest BCUT2D eigenvalue weighted by molar-refractivity contribution is 5.08. The fourth-order valence-electron chi connectivity index (χ4n) is 1.15. The van der Waals surface area contributed by atoms with Crippen LogP contribution in [0.2, 0.25) is 0 Å². The minimum atomic E-state index is -0.659. The number of allylic oxidation sites excluding steroid dienone is 2. The molecule has 0 heterocycles. The molecule has 2 atom stereocenters. The lowest BCUT2D eigenvalue weighted by atomic mass is 9.90.